The van der Waals surface area contributed by atoms with Gasteiger partial charge in [0.15, 0.2) is 0 Å². The molecule has 2 heterocycles. The lowest BCUT2D eigenvalue weighted by Crippen LogP contribution is -2.33. The lowest BCUT2D eigenvalue weighted by atomic mass is 9.99. The first-order valence-electron chi connectivity index (χ1n) is 5.87. The van der Waals surface area contributed by atoms with Crippen molar-refractivity contribution in [2.45, 2.75) is 33.6 Å². The van der Waals surface area contributed by atoms with Gasteiger partial charge in [-0.15, -0.1) is 0 Å². The van der Waals surface area contributed by atoms with E-state index in [1.165, 1.54) is 12.8 Å². The standard InChI is InChI=1S/C10H15N3.C2H6/c1-9-2-6-13(7-3-9)10-8-11-4-5-12-10;1-2/h4-5,8-9H,2-3,6-7H2,1H3;1-2H3. The molecule has 84 valence electrons. The molecular formula is C12H21N3. The Morgan fingerprint density at radius 2 is 1.87 bits per heavy atom. The molecule has 0 spiro atoms. The van der Waals surface area contributed by atoms with Gasteiger partial charge in [0.05, 0.1) is 6.20 Å². The normalized spacial score (nSPS) is 16.9. The Kier molecular flexibility index (Phi) is 5.08. The van der Waals surface area contributed by atoms with Gasteiger partial charge in [-0.25, -0.2) is 4.98 Å². The second-order valence-electron chi connectivity index (χ2n) is 3.73. The van der Waals surface area contributed by atoms with Gasteiger partial charge in [-0.05, 0) is 18.8 Å². The zero-order valence-electron chi connectivity index (χ0n) is 9.98. The van der Waals surface area contributed by atoms with E-state index in [-0.39, 0.29) is 0 Å². The second-order valence-corrected chi connectivity index (χ2v) is 3.73. The van der Waals surface area contributed by atoms with Crippen LogP contribution in [0.4, 0.5) is 5.82 Å². The zero-order valence-corrected chi connectivity index (χ0v) is 9.98. The minimum Gasteiger partial charge on any atom is -0.355 e. The Labute approximate surface area is 92.6 Å². The number of aromatic nitrogens is 2. The van der Waals surface area contributed by atoms with E-state index in [0.717, 1.165) is 24.8 Å². The third-order valence-electron chi connectivity index (χ3n) is 2.66. The lowest BCUT2D eigenvalue weighted by Gasteiger charge is -2.30. The monoisotopic (exact) mass is 207 g/mol. The van der Waals surface area contributed by atoms with Crippen LogP contribution in [0, 0.1) is 5.92 Å². The van der Waals surface area contributed by atoms with Gasteiger partial charge in [-0.1, -0.05) is 20.8 Å². The molecule has 0 unspecified atom stereocenters. The summed E-state index contributed by atoms with van der Waals surface area (Å²) in [5.74, 6) is 1.89. The third-order valence-corrected chi connectivity index (χ3v) is 2.66. The Balaban J connectivity index is 0.000000531. The molecule has 2 rings (SSSR count). The van der Waals surface area contributed by atoms with Gasteiger partial charge in [0.1, 0.15) is 5.82 Å². The SMILES string of the molecule is CC.CC1CCN(c2cnccn2)CC1. The number of piperidine rings is 1. The maximum Gasteiger partial charge on any atom is 0.147 e. The molecule has 0 aromatic carbocycles. The first-order valence-corrected chi connectivity index (χ1v) is 5.87. The molecule has 1 aliphatic rings. The van der Waals surface area contributed by atoms with E-state index in [1.54, 1.807) is 12.4 Å². The summed E-state index contributed by atoms with van der Waals surface area (Å²) in [6.45, 7) is 8.56. The van der Waals surface area contributed by atoms with E-state index in [9.17, 15) is 0 Å². The highest BCUT2D eigenvalue weighted by Gasteiger charge is 2.16. The third kappa shape index (κ3) is 3.50. The molecule has 15 heavy (non-hydrogen) atoms. The van der Waals surface area contributed by atoms with E-state index in [4.69, 9.17) is 0 Å². The van der Waals surface area contributed by atoms with Crippen LogP contribution in [0.5, 0.6) is 0 Å². The quantitative estimate of drug-likeness (QED) is 0.709. The van der Waals surface area contributed by atoms with Crippen molar-refractivity contribution >= 4 is 5.82 Å². The van der Waals surface area contributed by atoms with E-state index in [1.807, 2.05) is 20.0 Å². The summed E-state index contributed by atoms with van der Waals surface area (Å²) in [6.07, 6.45) is 7.87. The maximum atomic E-state index is 4.29. The molecule has 0 atom stereocenters. The van der Waals surface area contributed by atoms with Crippen LogP contribution in [0.1, 0.15) is 33.6 Å². The Morgan fingerprint density at radius 3 is 2.40 bits per heavy atom. The molecular weight excluding hydrogens is 186 g/mol. The van der Waals surface area contributed by atoms with Gasteiger partial charge < -0.3 is 4.90 Å². The average Bonchev–Trinajstić information content (AvgIpc) is 2.34. The second kappa shape index (κ2) is 6.38. The van der Waals surface area contributed by atoms with Gasteiger partial charge >= 0.3 is 0 Å². The van der Waals surface area contributed by atoms with Crippen molar-refractivity contribution in [3.8, 4) is 0 Å². The van der Waals surface area contributed by atoms with Crippen LogP contribution >= 0.6 is 0 Å². The minimum absolute atomic E-state index is 0.868. The van der Waals surface area contributed by atoms with Crippen molar-refractivity contribution in [2.24, 2.45) is 5.92 Å². The van der Waals surface area contributed by atoms with Crippen LogP contribution in [0.25, 0.3) is 0 Å². The highest BCUT2D eigenvalue weighted by molar-refractivity contribution is 5.35. The molecule has 0 aliphatic carbocycles. The molecule has 0 bridgehead atoms. The summed E-state index contributed by atoms with van der Waals surface area (Å²) in [4.78, 5) is 10.7. The van der Waals surface area contributed by atoms with Crippen molar-refractivity contribution in [1.82, 2.24) is 9.97 Å². The Morgan fingerprint density at radius 1 is 1.20 bits per heavy atom. The van der Waals surface area contributed by atoms with Crippen LogP contribution < -0.4 is 4.90 Å². The molecule has 0 radical (unpaired) electrons. The number of hydrogen-bond donors (Lipinski definition) is 0. The van der Waals surface area contributed by atoms with Gasteiger partial charge in [-0.3, -0.25) is 4.98 Å². The fourth-order valence-corrected chi connectivity index (χ4v) is 1.69. The van der Waals surface area contributed by atoms with Crippen LogP contribution in [0.15, 0.2) is 18.6 Å². The van der Waals surface area contributed by atoms with E-state index < -0.39 is 0 Å². The summed E-state index contributed by atoms with van der Waals surface area (Å²) < 4.78 is 0. The molecule has 1 saturated heterocycles. The fraction of sp³-hybridized carbons (Fsp3) is 0.667. The highest BCUT2D eigenvalue weighted by Crippen LogP contribution is 2.19. The van der Waals surface area contributed by atoms with E-state index in [2.05, 4.69) is 21.8 Å². The Hall–Kier alpha value is -1.12. The number of nitrogens with zero attached hydrogens (tertiary/aromatic N) is 3. The van der Waals surface area contributed by atoms with Crippen LogP contribution in [-0.2, 0) is 0 Å². The van der Waals surface area contributed by atoms with Gasteiger partial charge in [0.25, 0.3) is 0 Å². The summed E-state index contributed by atoms with van der Waals surface area (Å²) >= 11 is 0. The van der Waals surface area contributed by atoms with Crippen molar-refractivity contribution in [2.75, 3.05) is 18.0 Å². The maximum absolute atomic E-state index is 4.29. The molecule has 1 fully saturated rings. The molecule has 1 aromatic rings. The molecule has 3 nitrogen and oxygen atoms in total. The van der Waals surface area contributed by atoms with Gasteiger partial charge in [-0.2, -0.15) is 0 Å². The van der Waals surface area contributed by atoms with Crippen LogP contribution in [0.2, 0.25) is 0 Å². The highest BCUT2D eigenvalue weighted by atomic mass is 15.2. The zero-order chi connectivity index (χ0) is 11.1. The number of rotatable bonds is 1. The predicted molar refractivity (Wildman–Crippen MR) is 64.0 cm³/mol. The van der Waals surface area contributed by atoms with Crippen molar-refractivity contribution in [1.29, 1.82) is 0 Å². The first-order chi connectivity index (χ1) is 7.36. The predicted octanol–water partition coefficient (Wildman–Crippen LogP) is 2.74. The topological polar surface area (TPSA) is 29.0 Å². The summed E-state index contributed by atoms with van der Waals surface area (Å²) in [7, 11) is 0. The van der Waals surface area contributed by atoms with Crippen LogP contribution in [-0.4, -0.2) is 23.1 Å². The minimum atomic E-state index is 0.868. The van der Waals surface area contributed by atoms with Crippen LogP contribution in [0.3, 0.4) is 0 Å². The van der Waals surface area contributed by atoms with Crippen molar-refractivity contribution in [3.63, 3.8) is 0 Å². The lowest BCUT2D eigenvalue weighted by molar-refractivity contribution is 0.436. The van der Waals surface area contributed by atoms with E-state index in [0.29, 0.717) is 0 Å². The van der Waals surface area contributed by atoms with Crippen molar-refractivity contribution in [3.05, 3.63) is 18.6 Å². The fourth-order valence-electron chi connectivity index (χ4n) is 1.69. The molecule has 0 amide bonds. The van der Waals surface area contributed by atoms with Gasteiger partial charge in [0, 0.05) is 25.5 Å². The summed E-state index contributed by atoms with van der Waals surface area (Å²) in [6, 6.07) is 0. The average molecular weight is 207 g/mol. The van der Waals surface area contributed by atoms with Gasteiger partial charge in [0.2, 0.25) is 0 Å². The number of hydrogen-bond acceptors (Lipinski definition) is 3. The molecule has 3 heteroatoms. The summed E-state index contributed by atoms with van der Waals surface area (Å²) in [5.41, 5.74) is 0. The number of anilines is 1. The molecule has 1 aromatic heterocycles. The first kappa shape index (κ1) is 12.0. The molecule has 1 aliphatic heterocycles. The largest absolute Gasteiger partial charge is 0.355 e. The Bertz CT molecular complexity index is 253. The molecule has 0 saturated carbocycles. The molecule has 0 N–H and O–H groups in total. The summed E-state index contributed by atoms with van der Waals surface area (Å²) in [5, 5.41) is 0. The van der Waals surface area contributed by atoms with E-state index >= 15 is 0 Å². The smallest absolute Gasteiger partial charge is 0.147 e. The van der Waals surface area contributed by atoms with Crippen molar-refractivity contribution < 1.29 is 0 Å².